The molecule has 1 aliphatic heterocycles. The Morgan fingerprint density at radius 1 is 1.13 bits per heavy atom. The van der Waals surface area contributed by atoms with Crippen LogP contribution >= 0.6 is 0 Å². The highest BCUT2D eigenvalue weighted by Gasteiger charge is 2.26. The van der Waals surface area contributed by atoms with Gasteiger partial charge in [0, 0.05) is 38.3 Å². The minimum atomic E-state index is -3.51. The largest absolute Gasteiger partial charge is 0.335 e. The van der Waals surface area contributed by atoms with Crippen molar-refractivity contribution in [3.8, 4) is 0 Å². The first kappa shape index (κ1) is 24.5. The molecule has 0 aromatic heterocycles. The van der Waals surface area contributed by atoms with E-state index in [-0.39, 0.29) is 23.4 Å². The molecular weight excluding hydrogens is 426 g/mol. The number of amides is 1. The standard InChI is InChI=1S/C20H31N3O5S2/c1-4-22(5-2)30(27,28)19-12-9-17(10-13-19)11-14-20(24)23-15-7-6-8-18(23)16-21-29(3,25)26/h9-14,18,21H,4-8,15-16H2,1-3H3/b14-11+. The Labute approximate surface area is 180 Å². The molecule has 30 heavy (non-hydrogen) atoms. The molecule has 1 saturated heterocycles. The average molecular weight is 458 g/mol. The van der Waals surface area contributed by atoms with Crippen LogP contribution < -0.4 is 4.72 Å². The third kappa shape index (κ3) is 6.63. The van der Waals surface area contributed by atoms with E-state index in [1.165, 1.54) is 22.5 Å². The molecule has 0 saturated carbocycles. The van der Waals surface area contributed by atoms with Gasteiger partial charge in [-0.2, -0.15) is 4.31 Å². The van der Waals surface area contributed by atoms with Crippen molar-refractivity contribution in [3.63, 3.8) is 0 Å². The van der Waals surface area contributed by atoms with Gasteiger partial charge in [-0.05, 0) is 43.0 Å². The second-order valence-electron chi connectivity index (χ2n) is 7.29. The summed E-state index contributed by atoms with van der Waals surface area (Å²) in [6, 6.07) is 6.24. The van der Waals surface area contributed by atoms with Crippen LogP contribution in [0.4, 0.5) is 0 Å². The molecule has 1 fully saturated rings. The fraction of sp³-hybridized carbons (Fsp3) is 0.550. The molecule has 0 bridgehead atoms. The number of likely N-dealkylation sites (tertiary alicyclic amines) is 1. The summed E-state index contributed by atoms with van der Waals surface area (Å²) in [6.07, 6.45) is 6.78. The van der Waals surface area contributed by atoms with Crippen molar-refractivity contribution >= 4 is 32.0 Å². The van der Waals surface area contributed by atoms with E-state index in [4.69, 9.17) is 0 Å². The Balaban J connectivity index is 2.08. The normalized spacial score (nSPS) is 18.3. The van der Waals surface area contributed by atoms with Crippen LogP contribution in [0, 0.1) is 0 Å². The van der Waals surface area contributed by atoms with E-state index in [2.05, 4.69) is 4.72 Å². The van der Waals surface area contributed by atoms with Gasteiger partial charge in [0.05, 0.1) is 11.2 Å². The molecule has 0 radical (unpaired) electrons. The molecule has 1 amide bonds. The fourth-order valence-electron chi connectivity index (χ4n) is 3.48. The number of benzene rings is 1. The molecule has 1 aromatic carbocycles. The maximum atomic E-state index is 12.7. The Hall–Kier alpha value is -1.75. The van der Waals surface area contributed by atoms with Crippen LogP contribution in [0.1, 0.15) is 38.7 Å². The van der Waals surface area contributed by atoms with E-state index in [1.54, 1.807) is 37.0 Å². The summed E-state index contributed by atoms with van der Waals surface area (Å²) in [5.41, 5.74) is 0.713. The maximum absolute atomic E-state index is 12.7. The predicted molar refractivity (Wildman–Crippen MR) is 118 cm³/mol. The maximum Gasteiger partial charge on any atom is 0.246 e. The Morgan fingerprint density at radius 2 is 1.77 bits per heavy atom. The highest BCUT2D eigenvalue weighted by atomic mass is 32.2. The van der Waals surface area contributed by atoms with E-state index < -0.39 is 20.0 Å². The van der Waals surface area contributed by atoms with E-state index in [0.29, 0.717) is 25.2 Å². The number of sulfonamides is 2. The lowest BCUT2D eigenvalue weighted by atomic mass is 10.0. The molecule has 1 aliphatic rings. The number of rotatable bonds is 9. The van der Waals surface area contributed by atoms with Gasteiger partial charge < -0.3 is 4.90 Å². The first-order chi connectivity index (χ1) is 14.1. The summed E-state index contributed by atoms with van der Waals surface area (Å²) in [5.74, 6) is -0.185. The molecule has 0 spiro atoms. The summed E-state index contributed by atoms with van der Waals surface area (Å²) in [5, 5.41) is 0. The number of nitrogens with zero attached hydrogens (tertiary/aromatic N) is 2. The van der Waals surface area contributed by atoms with Gasteiger partial charge >= 0.3 is 0 Å². The van der Waals surface area contributed by atoms with E-state index in [0.717, 1.165) is 25.5 Å². The molecule has 0 aliphatic carbocycles. The summed E-state index contributed by atoms with van der Waals surface area (Å²) >= 11 is 0. The van der Waals surface area contributed by atoms with Crippen molar-refractivity contribution in [1.29, 1.82) is 0 Å². The first-order valence-electron chi connectivity index (χ1n) is 10.1. The molecule has 2 rings (SSSR count). The third-order valence-corrected chi connectivity index (χ3v) is 7.89. The van der Waals surface area contributed by atoms with Crippen LogP contribution in [-0.4, -0.2) is 70.4 Å². The lowest BCUT2D eigenvalue weighted by Gasteiger charge is -2.35. The zero-order valence-electron chi connectivity index (χ0n) is 17.7. The Morgan fingerprint density at radius 3 is 2.33 bits per heavy atom. The second kappa shape index (κ2) is 10.5. The number of piperidine rings is 1. The van der Waals surface area contributed by atoms with E-state index in [1.807, 2.05) is 0 Å². The van der Waals surface area contributed by atoms with Gasteiger partial charge in [-0.3, -0.25) is 4.79 Å². The molecule has 1 aromatic rings. The van der Waals surface area contributed by atoms with E-state index in [9.17, 15) is 21.6 Å². The molecule has 168 valence electrons. The van der Waals surface area contributed by atoms with Gasteiger partial charge in [0.1, 0.15) is 0 Å². The van der Waals surface area contributed by atoms with Crippen LogP contribution in [0.5, 0.6) is 0 Å². The third-order valence-electron chi connectivity index (χ3n) is 5.13. The number of hydrogen-bond acceptors (Lipinski definition) is 5. The first-order valence-corrected chi connectivity index (χ1v) is 13.4. The van der Waals surface area contributed by atoms with Gasteiger partial charge in [0.15, 0.2) is 0 Å². The number of carbonyl (C=O) groups is 1. The zero-order valence-corrected chi connectivity index (χ0v) is 19.4. The summed E-state index contributed by atoms with van der Waals surface area (Å²) in [6.45, 7) is 5.18. The number of carbonyl (C=O) groups excluding carboxylic acids is 1. The SMILES string of the molecule is CCN(CC)S(=O)(=O)c1ccc(/C=C/C(=O)N2CCCCC2CNS(C)(=O)=O)cc1. The smallest absolute Gasteiger partial charge is 0.246 e. The quantitative estimate of drug-likeness (QED) is 0.568. The highest BCUT2D eigenvalue weighted by molar-refractivity contribution is 7.89. The zero-order chi connectivity index (χ0) is 22.4. The van der Waals surface area contributed by atoms with Crippen LogP contribution in [-0.2, 0) is 24.8 Å². The molecule has 1 unspecified atom stereocenters. The fourth-order valence-corrected chi connectivity index (χ4v) is 5.43. The van der Waals surface area contributed by atoms with Crippen LogP contribution in [0.25, 0.3) is 6.08 Å². The van der Waals surface area contributed by atoms with Crippen LogP contribution in [0.3, 0.4) is 0 Å². The molecular formula is C20H31N3O5S2. The summed E-state index contributed by atoms with van der Waals surface area (Å²) in [7, 11) is -6.83. The molecule has 1 atom stereocenters. The number of nitrogens with one attached hydrogen (secondary N) is 1. The van der Waals surface area contributed by atoms with Crippen LogP contribution in [0.2, 0.25) is 0 Å². The van der Waals surface area contributed by atoms with Gasteiger partial charge in [0.2, 0.25) is 26.0 Å². The van der Waals surface area contributed by atoms with Crippen molar-refractivity contribution in [2.24, 2.45) is 0 Å². The highest BCUT2D eigenvalue weighted by Crippen LogP contribution is 2.19. The van der Waals surface area contributed by atoms with Gasteiger partial charge in [-0.15, -0.1) is 0 Å². The van der Waals surface area contributed by atoms with E-state index >= 15 is 0 Å². The lowest BCUT2D eigenvalue weighted by Crippen LogP contribution is -2.48. The number of hydrogen-bond donors (Lipinski definition) is 1. The van der Waals surface area contributed by atoms with Crippen LogP contribution in [0.15, 0.2) is 35.2 Å². The summed E-state index contributed by atoms with van der Waals surface area (Å²) < 4.78 is 51.7. The second-order valence-corrected chi connectivity index (χ2v) is 11.1. The Bertz CT molecular complexity index is 953. The minimum Gasteiger partial charge on any atom is -0.335 e. The van der Waals surface area contributed by atoms with Crippen molar-refractivity contribution in [2.45, 2.75) is 44.0 Å². The molecule has 10 heteroatoms. The van der Waals surface area contributed by atoms with Gasteiger partial charge in [0.25, 0.3) is 0 Å². The summed E-state index contributed by atoms with van der Waals surface area (Å²) in [4.78, 5) is 14.6. The minimum absolute atomic E-state index is 0.174. The Kier molecular flexibility index (Phi) is 8.60. The molecule has 1 heterocycles. The average Bonchev–Trinajstić information content (AvgIpc) is 2.71. The molecule has 8 nitrogen and oxygen atoms in total. The van der Waals surface area contributed by atoms with Crippen molar-refractivity contribution in [3.05, 3.63) is 35.9 Å². The topological polar surface area (TPSA) is 104 Å². The molecule has 1 N–H and O–H groups in total. The van der Waals surface area contributed by atoms with Gasteiger partial charge in [-0.1, -0.05) is 26.0 Å². The van der Waals surface area contributed by atoms with Gasteiger partial charge in [-0.25, -0.2) is 21.6 Å². The monoisotopic (exact) mass is 457 g/mol. The van der Waals surface area contributed by atoms with Crippen molar-refractivity contribution < 1.29 is 21.6 Å². The van der Waals surface area contributed by atoms with Crippen molar-refractivity contribution in [2.75, 3.05) is 32.4 Å². The van der Waals surface area contributed by atoms with Crippen molar-refractivity contribution in [1.82, 2.24) is 13.9 Å². The predicted octanol–water partition coefficient (Wildman–Crippen LogP) is 1.66. The lowest BCUT2D eigenvalue weighted by molar-refractivity contribution is -0.129.